The molecule has 2 atom stereocenters. The first-order valence-electron chi connectivity index (χ1n) is 10.7. The minimum atomic E-state index is -0.591. The van der Waals surface area contributed by atoms with Crippen LogP contribution in [0.15, 0.2) is 43.0 Å². The Morgan fingerprint density at radius 3 is 2.91 bits per heavy atom. The molecule has 0 saturated carbocycles. The number of nitrogen functional groups attached to an aromatic ring is 1. The van der Waals surface area contributed by atoms with Gasteiger partial charge in [0.15, 0.2) is 0 Å². The predicted molar refractivity (Wildman–Crippen MR) is 120 cm³/mol. The van der Waals surface area contributed by atoms with E-state index in [1.54, 1.807) is 23.7 Å². The zero-order valence-corrected chi connectivity index (χ0v) is 18.3. The van der Waals surface area contributed by atoms with Gasteiger partial charge in [-0.25, -0.2) is 14.4 Å². The maximum atomic E-state index is 13.5. The van der Waals surface area contributed by atoms with Crippen LogP contribution < -0.4 is 11.1 Å². The molecule has 1 aliphatic heterocycles. The van der Waals surface area contributed by atoms with Gasteiger partial charge in [0.25, 0.3) is 0 Å². The maximum absolute atomic E-state index is 13.5. The molecule has 1 fully saturated rings. The SMILES string of the molecule is Cc1cc(CNC(=O)C2CCC(n3cc(-c4ccn(C)n4)c4c(N)ncnc43)O2)ccc1F. The van der Waals surface area contributed by atoms with Crippen molar-refractivity contribution in [1.82, 2.24) is 29.6 Å². The molecule has 4 heterocycles. The van der Waals surface area contributed by atoms with Gasteiger partial charge in [-0.15, -0.1) is 0 Å². The lowest BCUT2D eigenvalue weighted by Crippen LogP contribution is -2.34. The van der Waals surface area contributed by atoms with Crippen LogP contribution >= 0.6 is 0 Å². The first-order valence-corrected chi connectivity index (χ1v) is 10.7. The third kappa shape index (κ3) is 3.93. The lowest BCUT2D eigenvalue weighted by molar-refractivity contribution is -0.134. The van der Waals surface area contributed by atoms with Gasteiger partial charge in [0.05, 0.1) is 11.1 Å². The highest BCUT2D eigenvalue weighted by molar-refractivity contribution is 5.99. The molecular weight excluding hydrogens is 425 g/mol. The fraction of sp³-hybridized carbons (Fsp3) is 0.304. The van der Waals surface area contributed by atoms with Crippen LogP contribution in [0.4, 0.5) is 10.2 Å². The standard InChI is InChI=1S/C23H24FN7O2/c1-13-9-14(3-4-16(13)24)10-26-23(32)18-5-6-19(33-18)31-11-15(17-7-8-30(2)29-17)20-21(25)27-12-28-22(20)31/h3-4,7-9,11-12,18-19H,5-6,10H2,1-2H3,(H,26,32)(H2,25,27,28). The van der Waals surface area contributed by atoms with E-state index >= 15 is 0 Å². The summed E-state index contributed by atoms with van der Waals surface area (Å²) in [4.78, 5) is 21.3. The Balaban J connectivity index is 1.35. The van der Waals surface area contributed by atoms with Crippen LogP contribution in [-0.4, -0.2) is 36.3 Å². The van der Waals surface area contributed by atoms with Crippen molar-refractivity contribution in [3.63, 3.8) is 0 Å². The van der Waals surface area contributed by atoms with Crippen molar-refractivity contribution < 1.29 is 13.9 Å². The third-order valence-corrected chi connectivity index (χ3v) is 5.92. The highest BCUT2D eigenvalue weighted by Crippen LogP contribution is 2.37. The van der Waals surface area contributed by atoms with Crippen LogP contribution in [0.5, 0.6) is 0 Å². The van der Waals surface area contributed by atoms with E-state index in [1.807, 2.05) is 30.1 Å². The number of anilines is 1. The summed E-state index contributed by atoms with van der Waals surface area (Å²) < 4.78 is 23.2. The Hall–Kier alpha value is -3.79. The van der Waals surface area contributed by atoms with E-state index < -0.39 is 6.10 Å². The minimum absolute atomic E-state index is 0.199. The van der Waals surface area contributed by atoms with Crippen molar-refractivity contribution in [1.29, 1.82) is 0 Å². The normalized spacial score (nSPS) is 18.2. The van der Waals surface area contributed by atoms with Crippen LogP contribution in [0.25, 0.3) is 22.3 Å². The summed E-state index contributed by atoms with van der Waals surface area (Å²) in [7, 11) is 1.85. The number of ether oxygens (including phenoxy) is 1. The number of aromatic nitrogens is 5. The fourth-order valence-electron chi connectivity index (χ4n) is 4.22. The number of fused-ring (bicyclic) bond motifs is 1. The molecule has 170 valence electrons. The zero-order valence-electron chi connectivity index (χ0n) is 18.3. The number of nitrogens with zero attached hydrogens (tertiary/aromatic N) is 5. The highest BCUT2D eigenvalue weighted by atomic mass is 19.1. The second-order valence-electron chi connectivity index (χ2n) is 8.24. The second-order valence-corrected chi connectivity index (χ2v) is 8.24. The van der Waals surface area contributed by atoms with Gasteiger partial charge in [0, 0.05) is 31.5 Å². The zero-order chi connectivity index (χ0) is 23.1. The van der Waals surface area contributed by atoms with Crippen LogP contribution in [-0.2, 0) is 23.1 Å². The molecule has 0 radical (unpaired) electrons. The summed E-state index contributed by atoms with van der Waals surface area (Å²) >= 11 is 0. The number of hydrogen-bond acceptors (Lipinski definition) is 6. The largest absolute Gasteiger partial charge is 0.383 e. The van der Waals surface area contributed by atoms with Gasteiger partial charge in [-0.05, 0) is 43.0 Å². The van der Waals surface area contributed by atoms with Crippen molar-refractivity contribution in [2.45, 2.75) is 38.6 Å². The van der Waals surface area contributed by atoms with Gasteiger partial charge in [-0.1, -0.05) is 12.1 Å². The molecule has 5 rings (SSSR count). The highest BCUT2D eigenvalue weighted by Gasteiger charge is 2.33. The number of carbonyl (C=O) groups excluding carboxylic acids is 1. The summed E-state index contributed by atoms with van der Waals surface area (Å²) in [5.41, 5.74) is 9.76. The summed E-state index contributed by atoms with van der Waals surface area (Å²) in [6, 6.07) is 6.69. The Morgan fingerprint density at radius 2 is 2.15 bits per heavy atom. The van der Waals surface area contributed by atoms with E-state index in [-0.39, 0.29) is 18.0 Å². The average Bonchev–Trinajstić information content (AvgIpc) is 3.53. The molecule has 4 aromatic rings. The number of carbonyl (C=O) groups is 1. The molecule has 0 aliphatic carbocycles. The fourth-order valence-corrected chi connectivity index (χ4v) is 4.22. The smallest absolute Gasteiger partial charge is 0.249 e. The van der Waals surface area contributed by atoms with Gasteiger partial charge in [0.2, 0.25) is 5.91 Å². The van der Waals surface area contributed by atoms with E-state index in [4.69, 9.17) is 10.5 Å². The lowest BCUT2D eigenvalue weighted by Gasteiger charge is -2.16. The van der Waals surface area contributed by atoms with Crippen molar-refractivity contribution in [3.8, 4) is 11.3 Å². The van der Waals surface area contributed by atoms with E-state index in [1.165, 1.54) is 12.4 Å². The van der Waals surface area contributed by atoms with Crippen LogP contribution in [0, 0.1) is 12.7 Å². The van der Waals surface area contributed by atoms with Gasteiger partial charge < -0.3 is 20.4 Å². The molecule has 10 heteroatoms. The van der Waals surface area contributed by atoms with Crippen molar-refractivity contribution in [3.05, 3.63) is 59.9 Å². The molecule has 1 amide bonds. The summed E-state index contributed by atoms with van der Waals surface area (Å²) in [5, 5.41) is 8.08. The number of benzene rings is 1. The molecule has 1 saturated heterocycles. The Morgan fingerprint density at radius 1 is 1.30 bits per heavy atom. The predicted octanol–water partition coefficient (Wildman–Crippen LogP) is 2.86. The Bertz CT molecular complexity index is 1350. The molecule has 3 N–H and O–H groups in total. The average molecular weight is 449 g/mol. The van der Waals surface area contributed by atoms with Gasteiger partial charge >= 0.3 is 0 Å². The van der Waals surface area contributed by atoms with Crippen molar-refractivity contribution >= 4 is 22.8 Å². The lowest BCUT2D eigenvalue weighted by atomic mass is 10.1. The second kappa shape index (κ2) is 8.28. The van der Waals surface area contributed by atoms with E-state index in [0.29, 0.717) is 41.8 Å². The monoisotopic (exact) mass is 449 g/mol. The van der Waals surface area contributed by atoms with Crippen LogP contribution in [0.1, 0.15) is 30.2 Å². The molecule has 9 nitrogen and oxygen atoms in total. The Labute approximate surface area is 189 Å². The number of amides is 1. The van der Waals surface area contributed by atoms with E-state index in [0.717, 1.165) is 16.8 Å². The number of aryl methyl sites for hydroxylation is 2. The van der Waals surface area contributed by atoms with E-state index in [2.05, 4.69) is 20.4 Å². The van der Waals surface area contributed by atoms with Crippen LogP contribution in [0.2, 0.25) is 0 Å². The summed E-state index contributed by atoms with van der Waals surface area (Å²) in [6.07, 6.45) is 5.42. The molecule has 0 spiro atoms. The summed E-state index contributed by atoms with van der Waals surface area (Å²) in [6.45, 7) is 2.01. The first kappa shape index (κ1) is 21.1. The van der Waals surface area contributed by atoms with Crippen molar-refractivity contribution in [2.24, 2.45) is 7.05 Å². The van der Waals surface area contributed by atoms with Gasteiger partial charge in [-0.3, -0.25) is 9.48 Å². The number of nitrogens with one attached hydrogen (secondary N) is 1. The van der Waals surface area contributed by atoms with Crippen molar-refractivity contribution in [2.75, 3.05) is 5.73 Å². The van der Waals surface area contributed by atoms with Gasteiger partial charge in [-0.2, -0.15) is 5.10 Å². The topological polar surface area (TPSA) is 113 Å². The quantitative estimate of drug-likeness (QED) is 0.484. The number of rotatable bonds is 5. The maximum Gasteiger partial charge on any atom is 0.249 e. The molecule has 1 aliphatic rings. The number of hydrogen-bond donors (Lipinski definition) is 2. The number of halogens is 1. The molecule has 3 aromatic heterocycles. The molecule has 33 heavy (non-hydrogen) atoms. The first-order chi connectivity index (χ1) is 15.9. The third-order valence-electron chi connectivity index (χ3n) is 5.92. The number of nitrogens with two attached hydrogens (primary N) is 1. The molecule has 1 aromatic carbocycles. The van der Waals surface area contributed by atoms with Crippen LogP contribution in [0.3, 0.4) is 0 Å². The Kier molecular flexibility index (Phi) is 5.29. The molecular formula is C23H24FN7O2. The van der Waals surface area contributed by atoms with E-state index in [9.17, 15) is 9.18 Å². The molecule has 0 bridgehead atoms. The summed E-state index contributed by atoms with van der Waals surface area (Å²) in [5.74, 6) is -0.100. The minimum Gasteiger partial charge on any atom is -0.383 e. The molecule has 2 unspecified atom stereocenters. The van der Waals surface area contributed by atoms with Gasteiger partial charge in [0.1, 0.15) is 35.9 Å².